The molecule has 0 spiro atoms. The largest absolute Gasteiger partial charge is 0.396 e. The molecule has 0 bridgehead atoms. The Kier molecular flexibility index (Phi) is 13.3. The number of rotatable bonds is 14. The van der Waals surface area contributed by atoms with Gasteiger partial charge in [0.25, 0.3) is 0 Å². The third-order valence-electron chi connectivity index (χ3n) is 4.22. The van der Waals surface area contributed by atoms with Gasteiger partial charge in [0.1, 0.15) is 0 Å². The van der Waals surface area contributed by atoms with E-state index >= 15 is 0 Å². The monoisotopic (exact) mass is 286 g/mol. The quantitative estimate of drug-likeness (QED) is 0.307. The van der Waals surface area contributed by atoms with E-state index in [1.807, 2.05) is 0 Å². The molecule has 2 heteroatoms. The van der Waals surface area contributed by atoms with Crippen molar-refractivity contribution in [2.45, 2.75) is 103 Å². The minimum atomic E-state index is -0.938. The summed E-state index contributed by atoms with van der Waals surface area (Å²) in [5, 5.41) is 8.83. The Balaban J connectivity index is 3.27. The topological polar surface area (TPSA) is 20.2 Å². The lowest BCUT2D eigenvalue weighted by atomic mass is 10.1. The van der Waals surface area contributed by atoms with Gasteiger partial charge in [-0.15, -0.1) is 0 Å². The van der Waals surface area contributed by atoms with Crippen LogP contribution in [0.5, 0.6) is 0 Å². The maximum atomic E-state index is 8.83. The van der Waals surface area contributed by atoms with Crippen molar-refractivity contribution in [1.82, 2.24) is 0 Å². The van der Waals surface area contributed by atoms with Crippen molar-refractivity contribution in [3.63, 3.8) is 0 Å². The van der Waals surface area contributed by atoms with Gasteiger partial charge in [-0.2, -0.15) is 0 Å². The van der Waals surface area contributed by atoms with Crippen molar-refractivity contribution in [1.29, 1.82) is 0 Å². The zero-order valence-corrected chi connectivity index (χ0v) is 14.8. The van der Waals surface area contributed by atoms with Crippen molar-refractivity contribution in [3.05, 3.63) is 0 Å². The summed E-state index contributed by atoms with van der Waals surface area (Å²) in [6.07, 6.45) is 15.2. The summed E-state index contributed by atoms with van der Waals surface area (Å²) in [4.78, 5) is 0. The van der Waals surface area contributed by atoms with E-state index in [0.29, 0.717) is 6.61 Å². The molecule has 0 unspecified atom stereocenters. The molecule has 0 rings (SSSR count). The van der Waals surface area contributed by atoms with Gasteiger partial charge in [-0.05, 0) is 6.42 Å². The number of aliphatic hydroxyl groups is 1. The van der Waals surface area contributed by atoms with Crippen LogP contribution in [0.3, 0.4) is 0 Å². The van der Waals surface area contributed by atoms with Crippen LogP contribution in [0.4, 0.5) is 0 Å². The summed E-state index contributed by atoms with van der Waals surface area (Å²) >= 11 is 0. The SMILES string of the molecule is CCCCCCCCCCC[Si](C)(C)CCCCO. The molecule has 0 saturated carbocycles. The van der Waals surface area contributed by atoms with Crippen LogP contribution < -0.4 is 0 Å². The van der Waals surface area contributed by atoms with Crippen molar-refractivity contribution in [2.24, 2.45) is 0 Å². The number of hydrogen-bond acceptors (Lipinski definition) is 1. The number of unbranched alkanes of at least 4 members (excludes halogenated alkanes) is 9. The average molecular weight is 287 g/mol. The molecule has 0 aromatic heterocycles. The lowest BCUT2D eigenvalue weighted by Crippen LogP contribution is -2.24. The fourth-order valence-electron chi connectivity index (χ4n) is 2.75. The highest BCUT2D eigenvalue weighted by Crippen LogP contribution is 2.22. The molecule has 0 atom stereocenters. The smallest absolute Gasteiger partial charge is 0.0473 e. The first-order chi connectivity index (χ1) is 9.12. The predicted molar refractivity (Wildman–Crippen MR) is 90.6 cm³/mol. The fourth-order valence-corrected chi connectivity index (χ4v) is 5.42. The standard InChI is InChI=1S/C17H38OSi/c1-4-5-6-7-8-9-10-11-13-16-19(2,3)17-14-12-15-18/h18H,4-17H2,1-3H3. The van der Waals surface area contributed by atoms with E-state index in [0.717, 1.165) is 6.42 Å². The maximum Gasteiger partial charge on any atom is 0.0473 e. The van der Waals surface area contributed by atoms with E-state index in [2.05, 4.69) is 20.0 Å². The Morgan fingerprint density at radius 2 is 1.05 bits per heavy atom. The van der Waals surface area contributed by atoms with E-state index in [-0.39, 0.29) is 0 Å². The van der Waals surface area contributed by atoms with Crippen LogP contribution >= 0.6 is 0 Å². The molecule has 0 fully saturated rings. The van der Waals surface area contributed by atoms with Crippen LogP contribution in [0.1, 0.15) is 77.6 Å². The number of aliphatic hydroxyl groups excluding tert-OH is 1. The van der Waals surface area contributed by atoms with Gasteiger partial charge in [0.2, 0.25) is 0 Å². The molecule has 0 aromatic carbocycles. The average Bonchev–Trinajstić information content (AvgIpc) is 2.37. The normalized spacial score (nSPS) is 12.0. The molecule has 0 aliphatic heterocycles. The van der Waals surface area contributed by atoms with E-state index in [1.54, 1.807) is 0 Å². The van der Waals surface area contributed by atoms with Gasteiger partial charge >= 0.3 is 0 Å². The molecule has 116 valence electrons. The molecule has 0 amide bonds. The van der Waals surface area contributed by atoms with Gasteiger partial charge in [0.15, 0.2) is 0 Å². The highest BCUT2D eigenvalue weighted by atomic mass is 28.3. The first-order valence-corrected chi connectivity index (χ1v) is 12.1. The molecular formula is C17H38OSi. The first kappa shape index (κ1) is 19.2. The van der Waals surface area contributed by atoms with E-state index in [9.17, 15) is 0 Å². The molecule has 0 saturated heterocycles. The van der Waals surface area contributed by atoms with Crippen molar-refractivity contribution in [2.75, 3.05) is 6.61 Å². The fraction of sp³-hybridized carbons (Fsp3) is 1.00. The highest BCUT2D eigenvalue weighted by Gasteiger charge is 2.18. The van der Waals surface area contributed by atoms with Gasteiger partial charge in [-0.3, -0.25) is 0 Å². The summed E-state index contributed by atoms with van der Waals surface area (Å²) in [7, 11) is -0.938. The first-order valence-electron chi connectivity index (χ1n) is 8.73. The Morgan fingerprint density at radius 3 is 1.53 bits per heavy atom. The van der Waals surface area contributed by atoms with Gasteiger partial charge in [-0.25, -0.2) is 0 Å². The van der Waals surface area contributed by atoms with Crippen LogP contribution in [-0.4, -0.2) is 19.8 Å². The minimum Gasteiger partial charge on any atom is -0.396 e. The van der Waals surface area contributed by atoms with E-state index < -0.39 is 8.07 Å². The maximum absolute atomic E-state index is 8.83. The zero-order chi connectivity index (χ0) is 14.4. The summed E-state index contributed by atoms with van der Waals surface area (Å²) < 4.78 is 0. The molecule has 1 N–H and O–H groups in total. The summed E-state index contributed by atoms with van der Waals surface area (Å²) in [5.41, 5.74) is 0. The highest BCUT2D eigenvalue weighted by molar-refractivity contribution is 6.77. The molecule has 0 radical (unpaired) electrons. The predicted octanol–water partition coefficient (Wildman–Crippen LogP) is 6.00. The van der Waals surface area contributed by atoms with Gasteiger partial charge in [0.05, 0.1) is 0 Å². The Hall–Kier alpha value is 0.177. The Morgan fingerprint density at radius 1 is 0.632 bits per heavy atom. The van der Waals surface area contributed by atoms with Crippen LogP contribution in [0.15, 0.2) is 0 Å². The second-order valence-electron chi connectivity index (χ2n) is 6.92. The minimum absolute atomic E-state index is 0.377. The molecule has 0 heterocycles. The molecule has 0 aliphatic rings. The molecule has 1 nitrogen and oxygen atoms in total. The van der Waals surface area contributed by atoms with Crippen molar-refractivity contribution >= 4 is 8.07 Å². The third kappa shape index (κ3) is 14.4. The second-order valence-corrected chi connectivity index (χ2v) is 12.3. The number of hydrogen-bond donors (Lipinski definition) is 1. The lowest BCUT2D eigenvalue weighted by molar-refractivity contribution is 0.287. The van der Waals surface area contributed by atoms with Gasteiger partial charge in [0, 0.05) is 14.7 Å². The Labute approximate surface area is 123 Å². The van der Waals surface area contributed by atoms with Gasteiger partial charge < -0.3 is 5.11 Å². The second kappa shape index (κ2) is 13.2. The molecule has 19 heavy (non-hydrogen) atoms. The van der Waals surface area contributed by atoms with Crippen LogP contribution in [0, 0.1) is 0 Å². The molecule has 0 aromatic rings. The third-order valence-corrected chi connectivity index (χ3v) is 7.63. The van der Waals surface area contributed by atoms with Crippen LogP contribution in [0.2, 0.25) is 25.2 Å². The van der Waals surface area contributed by atoms with Crippen LogP contribution in [-0.2, 0) is 0 Å². The summed E-state index contributed by atoms with van der Waals surface area (Å²) in [6, 6.07) is 2.90. The van der Waals surface area contributed by atoms with Crippen molar-refractivity contribution in [3.8, 4) is 0 Å². The van der Waals surface area contributed by atoms with Gasteiger partial charge in [-0.1, -0.05) is 96.3 Å². The van der Waals surface area contributed by atoms with E-state index in [1.165, 1.54) is 76.3 Å². The molecule has 0 aliphatic carbocycles. The Bertz CT molecular complexity index is 180. The van der Waals surface area contributed by atoms with E-state index in [4.69, 9.17) is 5.11 Å². The lowest BCUT2D eigenvalue weighted by Gasteiger charge is -2.22. The van der Waals surface area contributed by atoms with Crippen LogP contribution in [0.25, 0.3) is 0 Å². The summed E-state index contributed by atoms with van der Waals surface area (Å²) in [6.45, 7) is 7.71. The summed E-state index contributed by atoms with van der Waals surface area (Å²) in [5.74, 6) is 0. The molecular weight excluding hydrogens is 248 g/mol. The van der Waals surface area contributed by atoms with Crippen molar-refractivity contribution < 1.29 is 5.11 Å². The zero-order valence-electron chi connectivity index (χ0n) is 13.8.